The van der Waals surface area contributed by atoms with Crippen LogP contribution in [0.1, 0.15) is 40.0 Å². The number of hydrazone groups is 1. The number of rotatable bonds is 13. The first-order valence-electron chi connectivity index (χ1n) is 15.2. The molecular weight excluding hydrogens is 648 g/mol. The number of nitrogens with one attached hydrogen (secondary N) is 1. The number of thioether (sulfide) groups is 1. The van der Waals surface area contributed by atoms with Gasteiger partial charge in [0, 0.05) is 12.0 Å². The molecule has 49 heavy (non-hydrogen) atoms. The molecule has 1 atom stereocenters. The molecule has 0 saturated heterocycles. The van der Waals surface area contributed by atoms with Gasteiger partial charge in [-0.3, -0.25) is 14.2 Å². The molecule has 14 heteroatoms. The van der Waals surface area contributed by atoms with Gasteiger partial charge in [0.1, 0.15) is 11.5 Å². The zero-order chi connectivity index (χ0) is 34.3. The van der Waals surface area contributed by atoms with E-state index < -0.39 is 11.9 Å². The van der Waals surface area contributed by atoms with E-state index in [1.807, 2.05) is 66.7 Å². The van der Waals surface area contributed by atoms with Crippen molar-refractivity contribution in [3.63, 3.8) is 0 Å². The van der Waals surface area contributed by atoms with Crippen LogP contribution in [0.4, 0.5) is 0 Å². The molecule has 0 unspecified atom stereocenters. The predicted octanol–water partition coefficient (Wildman–Crippen LogP) is 5.29. The average Bonchev–Trinajstić information content (AvgIpc) is 3.93. The summed E-state index contributed by atoms with van der Waals surface area (Å²) in [6, 6.07) is 23.2. The van der Waals surface area contributed by atoms with Gasteiger partial charge in [-0.25, -0.2) is 5.01 Å². The number of hydrogen-bond acceptors (Lipinski definition) is 11. The van der Waals surface area contributed by atoms with E-state index in [9.17, 15) is 9.59 Å². The van der Waals surface area contributed by atoms with Crippen LogP contribution in [-0.4, -0.2) is 71.5 Å². The van der Waals surface area contributed by atoms with Crippen LogP contribution in [0.5, 0.6) is 23.0 Å². The van der Waals surface area contributed by atoms with Crippen molar-refractivity contribution in [1.82, 2.24) is 25.1 Å². The van der Waals surface area contributed by atoms with Crippen LogP contribution < -0.4 is 24.3 Å². The van der Waals surface area contributed by atoms with Gasteiger partial charge in [0.2, 0.25) is 0 Å². The quantitative estimate of drug-likeness (QED) is 0.163. The fraction of sp³-hybridized carbons (Fsp3) is 0.229. The van der Waals surface area contributed by atoms with Crippen molar-refractivity contribution in [1.29, 1.82) is 0 Å². The Morgan fingerprint density at radius 1 is 0.878 bits per heavy atom. The third kappa shape index (κ3) is 6.94. The molecule has 0 spiro atoms. The molecule has 0 fully saturated rings. The second kappa shape index (κ2) is 15.0. The van der Waals surface area contributed by atoms with Crippen LogP contribution in [0.2, 0.25) is 0 Å². The molecule has 6 rings (SSSR count). The number of para-hydroxylation sites is 3. The minimum atomic E-state index is -0.463. The summed E-state index contributed by atoms with van der Waals surface area (Å²) in [6.07, 6.45) is 1.88. The van der Waals surface area contributed by atoms with Crippen molar-refractivity contribution in [2.24, 2.45) is 5.10 Å². The minimum Gasteiger partial charge on any atom is -0.497 e. The van der Waals surface area contributed by atoms with Gasteiger partial charge in [0.25, 0.3) is 11.8 Å². The average molecular weight is 683 g/mol. The maximum atomic E-state index is 14.1. The van der Waals surface area contributed by atoms with Crippen LogP contribution in [-0.2, 0) is 11.3 Å². The maximum absolute atomic E-state index is 14.1. The zero-order valence-electron chi connectivity index (χ0n) is 27.3. The van der Waals surface area contributed by atoms with E-state index in [0.29, 0.717) is 40.3 Å². The van der Waals surface area contributed by atoms with Gasteiger partial charge in [0.15, 0.2) is 28.2 Å². The van der Waals surface area contributed by atoms with Crippen molar-refractivity contribution in [2.75, 3.05) is 34.2 Å². The van der Waals surface area contributed by atoms with E-state index in [1.165, 1.54) is 23.0 Å². The summed E-state index contributed by atoms with van der Waals surface area (Å²) in [5.74, 6) is 2.29. The number of amides is 2. The lowest BCUT2D eigenvalue weighted by molar-refractivity contribution is -0.130. The van der Waals surface area contributed by atoms with E-state index in [0.717, 1.165) is 22.6 Å². The minimum absolute atomic E-state index is 0.0196. The van der Waals surface area contributed by atoms with Crippen LogP contribution in [0.3, 0.4) is 0 Å². The smallest absolute Gasteiger partial charge is 0.287 e. The van der Waals surface area contributed by atoms with Gasteiger partial charge < -0.3 is 28.7 Å². The molecule has 0 aliphatic carbocycles. The Bertz CT molecular complexity index is 1960. The lowest BCUT2D eigenvalue weighted by Gasteiger charge is -2.24. The Kier molecular flexibility index (Phi) is 10.1. The van der Waals surface area contributed by atoms with Gasteiger partial charge in [-0.1, -0.05) is 36.0 Å². The molecule has 5 aromatic rings. The second-order valence-electron chi connectivity index (χ2n) is 10.7. The molecule has 252 valence electrons. The van der Waals surface area contributed by atoms with Crippen molar-refractivity contribution in [3.05, 3.63) is 108 Å². The number of carbonyl (C=O) groups excluding carboxylic acids is 2. The summed E-state index contributed by atoms with van der Waals surface area (Å²) in [5.41, 5.74) is 3.02. The fourth-order valence-corrected chi connectivity index (χ4v) is 6.34. The highest BCUT2D eigenvalue weighted by Gasteiger charge is 2.36. The van der Waals surface area contributed by atoms with Gasteiger partial charge >= 0.3 is 0 Å². The molecule has 2 aromatic heterocycles. The summed E-state index contributed by atoms with van der Waals surface area (Å²) in [6.45, 7) is 0.0401. The van der Waals surface area contributed by atoms with E-state index in [1.54, 1.807) is 45.1 Å². The SMILES string of the molecule is COc1ccc(C2=NN(C(=O)CSc3nnc(CNC(=O)c4ccco4)n3-c3ccccc3OC)[C@H](c3cccc(OC)c3OC)C2)cc1. The maximum Gasteiger partial charge on any atom is 0.287 e. The molecule has 3 aromatic carbocycles. The highest BCUT2D eigenvalue weighted by Crippen LogP contribution is 2.42. The molecule has 2 amide bonds. The standard InChI is InChI=1S/C35H34N6O7S/c1-44-23-16-14-22(15-17-23)25-19-27(24-9-7-12-29(46-3)33(24)47-4)41(39-25)32(42)21-49-35-38-37-31(20-36-34(43)30-13-8-18-48-30)40(35)26-10-5-6-11-28(26)45-2/h5-18,27H,19-21H2,1-4H3,(H,36,43)/t27-/m0/s1. The van der Waals surface area contributed by atoms with E-state index in [-0.39, 0.29) is 24.0 Å². The van der Waals surface area contributed by atoms with Crippen LogP contribution in [0.25, 0.3) is 5.69 Å². The lowest BCUT2D eigenvalue weighted by atomic mass is 9.97. The van der Waals surface area contributed by atoms with Gasteiger partial charge in [-0.15, -0.1) is 10.2 Å². The molecule has 13 nitrogen and oxygen atoms in total. The Labute approximate surface area is 286 Å². The predicted molar refractivity (Wildman–Crippen MR) is 182 cm³/mol. The summed E-state index contributed by atoms with van der Waals surface area (Å²) in [4.78, 5) is 26.8. The molecule has 0 saturated carbocycles. The van der Waals surface area contributed by atoms with Gasteiger partial charge in [-0.05, 0) is 60.2 Å². The first-order valence-corrected chi connectivity index (χ1v) is 16.2. The number of benzene rings is 3. The van der Waals surface area contributed by atoms with E-state index in [4.69, 9.17) is 28.5 Å². The Morgan fingerprint density at radius 2 is 1.65 bits per heavy atom. The first-order chi connectivity index (χ1) is 23.9. The van der Waals surface area contributed by atoms with Crippen LogP contribution >= 0.6 is 11.8 Å². The number of aromatic nitrogens is 3. The monoisotopic (exact) mass is 682 g/mol. The first kappa shape index (κ1) is 33.2. The molecule has 1 N–H and O–H groups in total. The fourth-order valence-electron chi connectivity index (χ4n) is 5.53. The number of ether oxygens (including phenoxy) is 4. The Morgan fingerprint density at radius 3 is 2.37 bits per heavy atom. The molecule has 0 bridgehead atoms. The molecule has 0 radical (unpaired) electrons. The second-order valence-corrected chi connectivity index (χ2v) is 11.6. The summed E-state index contributed by atoms with van der Waals surface area (Å²) >= 11 is 1.20. The van der Waals surface area contributed by atoms with Crippen LogP contribution in [0, 0.1) is 0 Å². The van der Waals surface area contributed by atoms with Crippen molar-refractivity contribution in [3.8, 4) is 28.7 Å². The number of methoxy groups -OCH3 is 4. The van der Waals surface area contributed by atoms with Crippen molar-refractivity contribution < 1.29 is 33.0 Å². The third-order valence-corrected chi connectivity index (χ3v) is 8.80. The van der Waals surface area contributed by atoms with Crippen LogP contribution in [0.15, 0.2) is 99.8 Å². The van der Waals surface area contributed by atoms with Crippen molar-refractivity contribution >= 4 is 29.3 Å². The molecule has 1 aliphatic heterocycles. The Balaban J connectivity index is 1.30. The number of carbonyl (C=O) groups is 2. The summed E-state index contributed by atoms with van der Waals surface area (Å²) in [5, 5.41) is 18.3. The third-order valence-electron chi connectivity index (χ3n) is 7.88. The molecule has 3 heterocycles. The number of hydrogen-bond donors (Lipinski definition) is 1. The van der Waals surface area contributed by atoms with E-state index >= 15 is 0 Å². The van der Waals surface area contributed by atoms with Gasteiger partial charge in [-0.2, -0.15) is 5.10 Å². The largest absolute Gasteiger partial charge is 0.497 e. The molecule has 1 aliphatic rings. The van der Waals surface area contributed by atoms with E-state index in [2.05, 4.69) is 15.5 Å². The number of furan rings is 1. The number of nitrogens with zero attached hydrogens (tertiary/aromatic N) is 5. The normalized spacial score (nSPS) is 13.9. The topological polar surface area (TPSA) is 143 Å². The molecular formula is C35H34N6O7S. The summed E-state index contributed by atoms with van der Waals surface area (Å²) < 4.78 is 29.3. The van der Waals surface area contributed by atoms with Gasteiger partial charge in [0.05, 0.1) is 64.4 Å². The lowest BCUT2D eigenvalue weighted by Crippen LogP contribution is -2.29. The Hall–Kier alpha value is -5.76. The highest BCUT2D eigenvalue weighted by atomic mass is 32.2. The van der Waals surface area contributed by atoms with Crippen molar-refractivity contribution in [2.45, 2.75) is 24.2 Å². The summed E-state index contributed by atoms with van der Waals surface area (Å²) in [7, 11) is 6.32. The highest BCUT2D eigenvalue weighted by molar-refractivity contribution is 7.99. The zero-order valence-corrected chi connectivity index (χ0v) is 28.1.